The van der Waals surface area contributed by atoms with Crippen molar-refractivity contribution in [1.82, 2.24) is 4.57 Å². The zero-order valence-corrected chi connectivity index (χ0v) is 19.3. The fourth-order valence-corrected chi connectivity index (χ4v) is 3.94. The summed E-state index contributed by atoms with van der Waals surface area (Å²) < 4.78 is 7.92. The monoisotopic (exact) mass is 427 g/mol. The molecule has 1 N–H and O–H groups in total. The highest BCUT2D eigenvalue weighted by atomic mass is 16.5. The van der Waals surface area contributed by atoms with E-state index in [1.165, 1.54) is 32.1 Å². The number of aliphatic carboxylic acids is 1. The minimum atomic E-state index is -0.793. The Kier molecular flexibility index (Phi) is 10.3. The molecule has 2 aromatic rings. The van der Waals surface area contributed by atoms with Gasteiger partial charge in [-0.2, -0.15) is 0 Å². The topological polar surface area (TPSA) is 68.5 Å². The van der Waals surface area contributed by atoms with Gasteiger partial charge in [-0.3, -0.25) is 9.59 Å². The molecule has 5 heteroatoms. The van der Waals surface area contributed by atoms with Crippen LogP contribution in [0.4, 0.5) is 0 Å². The number of carboxylic acid groups (broad SMARTS) is 1. The van der Waals surface area contributed by atoms with Gasteiger partial charge in [0, 0.05) is 36.0 Å². The van der Waals surface area contributed by atoms with Crippen LogP contribution in [-0.2, 0) is 24.7 Å². The van der Waals surface area contributed by atoms with Crippen LogP contribution < -0.4 is 4.74 Å². The SMILES string of the molecule is CCCCCCCCOc1cccc(C(=O)c2cc(CCCC(=O)O)n(C)c2CC)c1. The van der Waals surface area contributed by atoms with Gasteiger partial charge in [-0.15, -0.1) is 0 Å². The smallest absolute Gasteiger partial charge is 0.303 e. The lowest BCUT2D eigenvalue weighted by Crippen LogP contribution is -2.07. The molecule has 5 nitrogen and oxygen atoms in total. The Hall–Kier alpha value is -2.56. The summed E-state index contributed by atoms with van der Waals surface area (Å²) in [4.78, 5) is 24.0. The fraction of sp³-hybridized carbons (Fsp3) is 0.538. The highest BCUT2D eigenvalue weighted by Crippen LogP contribution is 2.23. The number of ketones is 1. The number of hydrogen-bond donors (Lipinski definition) is 1. The maximum atomic E-state index is 13.2. The van der Waals surface area contributed by atoms with E-state index in [2.05, 4.69) is 6.92 Å². The molecular weight excluding hydrogens is 390 g/mol. The number of benzene rings is 1. The lowest BCUT2D eigenvalue weighted by Gasteiger charge is -2.09. The van der Waals surface area contributed by atoms with Gasteiger partial charge >= 0.3 is 5.97 Å². The van der Waals surface area contributed by atoms with Crippen molar-refractivity contribution < 1.29 is 19.4 Å². The molecule has 0 atom stereocenters. The second-order valence-electron chi connectivity index (χ2n) is 8.13. The van der Waals surface area contributed by atoms with Crippen LogP contribution in [0, 0.1) is 0 Å². The predicted octanol–water partition coefficient (Wildman–Crippen LogP) is 5.97. The van der Waals surface area contributed by atoms with Crippen molar-refractivity contribution in [2.75, 3.05) is 6.61 Å². The summed E-state index contributed by atoms with van der Waals surface area (Å²) in [5, 5.41) is 8.88. The normalized spacial score (nSPS) is 10.9. The first-order valence-electron chi connectivity index (χ1n) is 11.6. The van der Waals surface area contributed by atoms with Crippen molar-refractivity contribution in [3.05, 3.63) is 52.8 Å². The second kappa shape index (κ2) is 13.0. The van der Waals surface area contributed by atoms with Gasteiger partial charge in [0.1, 0.15) is 5.75 Å². The summed E-state index contributed by atoms with van der Waals surface area (Å²) >= 11 is 0. The largest absolute Gasteiger partial charge is 0.494 e. The third-order valence-electron chi connectivity index (χ3n) is 5.72. The second-order valence-corrected chi connectivity index (χ2v) is 8.13. The van der Waals surface area contributed by atoms with E-state index in [4.69, 9.17) is 9.84 Å². The van der Waals surface area contributed by atoms with Crippen LogP contribution in [0.2, 0.25) is 0 Å². The number of nitrogens with zero attached hydrogens (tertiary/aromatic N) is 1. The van der Waals surface area contributed by atoms with Crippen LogP contribution in [0.5, 0.6) is 5.75 Å². The Morgan fingerprint density at radius 1 is 1.00 bits per heavy atom. The molecule has 0 fully saturated rings. The van der Waals surface area contributed by atoms with Gasteiger partial charge in [0.15, 0.2) is 5.78 Å². The summed E-state index contributed by atoms with van der Waals surface area (Å²) in [5.74, 6) is -0.0731. The fourth-order valence-electron chi connectivity index (χ4n) is 3.94. The molecule has 170 valence electrons. The van der Waals surface area contributed by atoms with Crippen molar-refractivity contribution in [3.8, 4) is 5.75 Å². The molecule has 0 aliphatic heterocycles. The van der Waals surface area contributed by atoms with Crippen molar-refractivity contribution >= 4 is 11.8 Å². The Labute approximate surface area is 186 Å². The molecule has 0 unspecified atom stereocenters. The average Bonchev–Trinajstić information content (AvgIpc) is 3.08. The van der Waals surface area contributed by atoms with Crippen LogP contribution in [0.25, 0.3) is 0 Å². The van der Waals surface area contributed by atoms with E-state index in [1.807, 2.05) is 48.9 Å². The van der Waals surface area contributed by atoms with Crippen molar-refractivity contribution in [3.63, 3.8) is 0 Å². The molecule has 0 amide bonds. The minimum absolute atomic E-state index is 0.0121. The van der Waals surface area contributed by atoms with Crippen LogP contribution >= 0.6 is 0 Å². The van der Waals surface area contributed by atoms with Gasteiger partial charge in [0.05, 0.1) is 6.61 Å². The highest BCUT2D eigenvalue weighted by molar-refractivity contribution is 6.10. The summed E-state index contributed by atoms with van der Waals surface area (Å²) in [6, 6.07) is 9.35. The number of carboxylic acids is 1. The Balaban J connectivity index is 2.02. The maximum absolute atomic E-state index is 13.2. The van der Waals surface area contributed by atoms with Gasteiger partial charge < -0.3 is 14.4 Å². The summed E-state index contributed by atoms with van der Waals surface area (Å²) in [5.41, 5.74) is 3.30. The van der Waals surface area contributed by atoms with Crippen LogP contribution in [0.1, 0.15) is 92.5 Å². The maximum Gasteiger partial charge on any atom is 0.303 e. The van der Waals surface area contributed by atoms with Crippen LogP contribution in [-0.4, -0.2) is 28.0 Å². The van der Waals surface area contributed by atoms with Crippen molar-refractivity contribution in [2.45, 2.75) is 78.1 Å². The van der Waals surface area contributed by atoms with E-state index >= 15 is 0 Å². The zero-order valence-electron chi connectivity index (χ0n) is 19.3. The Morgan fingerprint density at radius 2 is 1.74 bits per heavy atom. The third-order valence-corrected chi connectivity index (χ3v) is 5.72. The van der Waals surface area contributed by atoms with Gasteiger partial charge in [-0.1, -0.05) is 58.1 Å². The van der Waals surface area contributed by atoms with Crippen LogP contribution in [0.15, 0.2) is 30.3 Å². The van der Waals surface area contributed by atoms with Gasteiger partial charge in [0.25, 0.3) is 0 Å². The van der Waals surface area contributed by atoms with E-state index in [0.717, 1.165) is 30.0 Å². The first-order valence-corrected chi connectivity index (χ1v) is 11.6. The number of aromatic nitrogens is 1. The van der Waals surface area contributed by atoms with E-state index in [9.17, 15) is 9.59 Å². The Morgan fingerprint density at radius 3 is 2.45 bits per heavy atom. The molecule has 1 heterocycles. The summed E-state index contributed by atoms with van der Waals surface area (Å²) in [7, 11) is 1.95. The molecule has 0 saturated carbocycles. The minimum Gasteiger partial charge on any atom is -0.494 e. The molecule has 1 aromatic carbocycles. The Bertz CT molecular complexity index is 853. The number of aryl methyl sites for hydroxylation is 1. The number of rotatable bonds is 15. The third kappa shape index (κ3) is 7.57. The average molecular weight is 428 g/mol. The first kappa shape index (κ1) is 24.7. The molecule has 31 heavy (non-hydrogen) atoms. The van der Waals surface area contributed by atoms with Crippen molar-refractivity contribution in [2.24, 2.45) is 7.05 Å². The van der Waals surface area contributed by atoms with Gasteiger partial charge in [-0.25, -0.2) is 0 Å². The molecule has 0 aliphatic rings. The lowest BCUT2D eigenvalue weighted by molar-refractivity contribution is -0.137. The molecule has 0 aliphatic carbocycles. The van der Waals surface area contributed by atoms with Crippen LogP contribution in [0.3, 0.4) is 0 Å². The van der Waals surface area contributed by atoms with Gasteiger partial charge in [0.2, 0.25) is 0 Å². The number of ether oxygens (including phenoxy) is 1. The first-order chi connectivity index (χ1) is 15.0. The molecule has 0 bridgehead atoms. The highest BCUT2D eigenvalue weighted by Gasteiger charge is 2.19. The van der Waals surface area contributed by atoms with E-state index in [-0.39, 0.29) is 12.2 Å². The quantitative estimate of drug-likeness (QED) is 0.281. The summed E-state index contributed by atoms with van der Waals surface area (Å²) in [6.45, 7) is 4.92. The van der Waals surface area contributed by atoms with E-state index < -0.39 is 5.97 Å². The number of carbonyl (C=O) groups is 2. The van der Waals surface area contributed by atoms with Crippen molar-refractivity contribution in [1.29, 1.82) is 0 Å². The lowest BCUT2D eigenvalue weighted by atomic mass is 10.0. The predicted molar refractivity (Wildman–Crippen MR) is 124 cm³/mol. The molecule has 2 rings (SSSR count). The molecule has 0 radical (unpaired) electrons. The molecular formula is C26H37NO4. The van der Waals surface area contributed by atoms with E-state index in [1.54, 1.807) is 0 Å². The number of hydrogen-bond acceptors (Lipinski definition) is 3. The molecule has 0 spiro atoms. The summed E-state index contributed by atoms with van der Waals surface area (Å²) in [6.07, 6.45) is 9.37. The molecule has 1 aromatic heterocycles. The number of unbranched alkanes of at least 4 members (excludes halogenated alkanes) is 5. The number of carbonyl (C=O) groups excluding carboxylic acids is 1. The zero-order chi connectivity index (χ0) is 22.6. The standard InChI is InChI=1S/C26H37NO4/c1-4-6-7-8-9-10-17-31-22-15-11-13-20(18-22)26(30)23-19-21(14-12-16-25(28)29)27(3)24(23)5-2/h11,13,15,18-19H,4-10,12,14,16-17H2,1-3H3,(H,28,29). The van der Waals surface area contributed by atoms with Gasteiger partial charge in [-0.05, 0) is 43.9 Å². The molecule has 0 saturated heterocycles. The van der Waals surface area contributed by atoms with E-state index in [0.29, 0.717) is 30.6 Å².